The largest absolute Gasteiger partial charge is 0.494 e. The van der Waals surface area contributed by atoms with Crippen molar-refractivity contribution in [2.75, 3.05) is 18.2 Å². The van der Waals surface area contributed by atoms with E-state index in [9.17, 15) is 44.3 Å². The van der Waals surface area contributed by atoms with Gasteiger partial charge in [0.15, 0.2) is 5.75 Å². The number of para-hydroxylation sites is 1. The predicted molar refractivity (Wildman–Crippen MR) is 104 cm³/mol. The second-order valence-corrected chi connectivity index (χ2v) is 7.57. The zero-order valence-electron chi connectivity index (χ0n) is 15.9. The van der Waals surface area contributed by atoms with E-state index in [0.717, 1.165) is 0 Å². The first kappa shape index (κ1) is 26.9. The van der Waals surface area contributed by atoms with Gasteiger partial charge in [0.25, 0.3) is 5.91 Å². The Morgan fingerprint density at radius 3 is 2.06 bits per heavy atom. The van der Waals surface area contributed by atoms with Crippen LogP contribution in [-0.2, 0) is 5.67 Å². The van der Waals surface area contributed by atoms with Crippen molar-refractivity contribution in [3.8, 4) is 5.75 Å². The van der Waals surface area contributed by atoms with Crippen LogP contribution in [0, 0.1) is 0 Å². The van der Waals surface area contributed by atoms with Crippen molar-refractivity contribution in [1.29, 1.82) is 0 Å². The molecule has 0 saturated carbocycles. The topological polar surface area (TPSA) is 64.3 Å². The highest BCUT2D eigenvalue weighted by molar-refractivity contribution is 9.10. The van der Waals surface area contributed by atoms with Crippen LogP contribution in [-0.4, -0.2) is 31.3 Å². The Balaban J connectivity index is 2.61. The van der Waals surface area contributed by atoms with Gasteiger partial charge in [-0.1, -0.05) is 23.7 Å². The monoisotopic (exact) mass is 572 g/mol. The Hall–Kier alpha value is -2.35. The van der Waals surface area contributed by atoms with Crippen LogP contribution in [0.4, 0.5) is 50.9 Å². The summed E-state index contributed by atoms with van der Waals surface area (Å²) in [4.78, 5) is 12.5. The Labute approximate surface area is 193 Å². The molecule has 0 aliphatic carbocycles. The number of nitrogen functional groups attached to an aromatic ring is 1. The van der Waals surface area contributed by atoms with Gasteiger partial charge in [-0.3, -0.25) is 4.79 Å². The van der Waals surface area contributed by atoms with E-state index < -0.39 is 50.6 Å². The van der Waals surface area contributed by atoms with Crippen LogP contribution >= 0.6 is 27.5 Å². The summed E-state index contributed by atoms with van der Waals surface area (Å²) < 4.78 is 124. The van der Waals surface area contributed by atoms with Crippen molar-refractivity contribution in [3.05, 3.63) is 51.0 Å². The number of anilines is 2. The van der Waals surface area contributed by atoms with E-state index in [1.165, 1.54) is 25.3 Å². The molecule has 2 aromatic carbocycles. The van der Waals surface area contributed by atoms with E-state index in [1.807, 2.05) is 0 Å². The molecular formula is C18H11BrClF9N2O2. The maximum absolute atomic E-state index is 14.7. The number of methoxy groups -OCH3 is 1. The van der Waals surface area contributed by atoms with Crippen molar-refractivity contribution < 1.29 is 49.0 Å². The van der Waals surface area contributed by atoms with Crippen LogP contribution < -0.4 is 15.8 Å². The highest BCUT2D eigenvalue weighted by atomic mass is 79.9. The number of alkyl halides is 9. The zero-order valence-corrected chi connectivity index (χ0v) is 18.3. The number of hydrogen-bond acceptors (Lipinski definition) is 3. The molecule has 1 atom stereocenters. The fourth-order valence-corrected chi connectivity index (χ4v) is 3.59. The van der Waals surface area contributed by atoms with E-state index in [1.54, 1.807) is 0 Å². The third kappa shape index (κ3) is 4.42. The van der Waals surface area contributed by atoms with Crippen LogP contribution in [0.15, 0.2) is 34.8 Å². The van der Waals surface area contributed by atoms with E-state index in [4.69, 9.17) is 22.1 Å². The van der Waals surface area contributed by atoms with Gasteiger partial charge < -0.3 is 15.8 Å². The van der Waals surface area contributed by atoms with Gasteiger partial charge in [-0.25, -0.2) is 4.39 Å². The van der Waals surface area contributed by atoms with Gasteiger partial charge in [-0.15, -0.1) is 0 Å². The van der Waals surface area contributed by atoms with Crippen molar-refractivity contribution in [2.45, 2.75) is 23.9 Å². The molecule has 2 aromatic rings. The number of halogens is 11. The SMILES string of the molecule is COc1c(N)cccc1C(=O)Nc1ccc(C(F)(C(F)(F)F)C(F)(F)C(F)(F)F)c(Br)c1Cl. The van der Waals surface area contributed by atoms with Gasteiger partial charge in [0.1, 0.15) is 0 Å². The molecule has 182 valence electrons. The van der Waals surface area contributed by atoms with Crippen LogP contribution in [0.1, 0.15) is 15.9 Å². The molecule has 2 rings (SSSR count). The molecule has 4 nitrogen and oxygen atoms in total. The molecule has 1 amide bonds. The van der Waals surface area contributed by atoms with Crippen molar-refractivity contribution in [1.82, 2.24) is 0 Å². The van der Waals surface area contributed by atoms with Gasteiger partial charge in [0.2, 0.25) is 0 Å². The maximum Gasteiger partial charge on any atom is 0.457 e. The molecule has 3 N–H and O–H groups in total. The van der Waals surface area contributed by atoms with Crippen molar-refractivity contribution >= 4 is 44.8 Å². The number of carbonyl (C=O) groups is 1. The molecule has 15 heteroatoms. The maximum atomic E-state index is 14.7. The summed E-state index contributed by atoms with van der Waals surface area (Å²) in [5.74, 6) is -7.96. The molecule has 0 heterocycles. The highest BCUT2D eigenvalue weighted by Crippen LogP contribution is 2.60. The molecule has 0 aromatic heterocycles. The van der Waals surface area contributed by atoms with Gasteiger partial charge in [0.05, 0.1) is 29.1 Å². The van der Waals surface area contributed by atoms with Crippen LogP contribution in [0.5, 0.6) is 5.75 Å². The summed E-state index contributed by atoms with van der Waals surface area (Å²) in [6.45, 7) is 0. The standard InChI is InChI=1S/C18H11BrClF9N2O2/c1-33-13-7(3-2-4-9(13)30)14(32)31-10-6-5-8(11(19)12(10)20)15(21,17(24,25)26)16(22,23)18(27,28)29/h2-6H,30H2,1H3,(H,31,32). The Kier molecular flexibility index (Phi) is 7.16. The van der Waals surface area contributed by atoms with E-state index >= 15 is 0 Å². The van der Waals surface area contributed by atoms with Crippen LogP contribution in [0.25, 0.3) is 0 Å². The minimum Gasteiger partial charge on any atom is -0.494 e. The van der Waals surface area contributed by atoms with Crippen molar-refractivity contribution in [2.24, 2.45) is 0 Å². The van der Waals surface area contributed by atoms with E-state index in [0.29, 0.717) is 6.07 Å². The third-order valence-corrected chi connectivity index (χ3v) is 5.82. The third-order valence-electron chi connectivity index (χ3n) is 4.38. The summed E-state index contributed by atoms with van der Waals surface area (Å²) in [6, 6.07) is 4.41. The number of rotatable bonds is 5. The van der Waals surface area contributed by atoms with Gasteiger partial charge in [-0.05, 0) is 34.1 Å². The molecule has 33 heavy (non-hydrogen) atoms. The number of benzene rings is 2. The fourth-order valence-electron chi connectivity index (χ4n) is 2.76. The first-order valence-corrected chi connectivity index (χ1v) is 9.51. The Bertz CT molecular complexity index is 1080. The van der Waals surface area contributed by atoms with Crippen molar-refractivity contribution in [3.63, 3.8) is 0 Å². The molecule has 0 aliphatic heterocycles. The molecule has 0 saturated heterocycles. The molecule has 0 fully saturated rings. The highest BCUT2D eigenvalue weighted by Gasteiger charge is 2.82. The lowest BCUT2D eigenvalue weighted by Gasteiger charge is -2.36. The average molecular weight is 574 g/mol. The smallest absolute Gasteiger partial charge is 0.457 e. The fraction of sp³-hybridized carbons (Fsp3) is 0.278. The number of ether oxygens (including phenoxy) is 1. The lowest BCUT2D eigenvalue weighted by atomic mass is 9.87. The average Bonchev–Trinajstić information content (AvgIpc) is 2.68. The number of hydrogen-bond donors (Lipinski definition) is 2. The number of amides is 1. The molecular weight excluding hydrogens is 563 g/mol. The molecule has 0 spiro atoms. The molecule has 0 bridgehead atoms. The summed E-state index contributed by atoms with van der Waals surface area (Å²) in [5.41, 5.74) is -3.38. The summed E-state index contributed by atoms with van der Waals surface area (Å²) in [7, 11) is 1.18. The second kappa shape index (κ2) is 8.78. The minimum absolute atomic E-state index is 0.00466. The lowest BCUT2D eigenvalue weighted by molar-refractivity contribution is -0.389. The quantitative estimate of drug-likeness (QED) is 0.303. The van der Waals surface area contributed by atoms with Gasteiger partial charge in [0, 0.05) is 10.0 Å². The summed E-state index contributed by atoms with van der Waals surface area (Å²) >= 11 is 8.11. The van der Waals surface area contributed by atoms with E-state index in [-0.39, 0.29) is 23.1 Å². The van der Waals surface area contributed by atoms with Crippen LogP contribution in [0.3, 0.4) is 0 Å². The first-order chi connectivity index (χ1) is 14.9. The zero-order chi connectivity index (χ0) is 25.6. The van der Waals surface area contributed by atoms with E-state index in [2.05, 4.69) is 21.2 Å². The predicted octanol–water partition coefficient (Wildman–Crippen LogP) is 6.87. The number of carbonyl (C=O) groups excluding carboxylic acids is 1. The lowest BCUT2D eigenvalue weighted by Crippen LogP contribution is -2.59. The van der Waals surface area contributed by atoms with Gasteiger partial charge >= 0.3 is 23.9 Å². The summed E-state index contributed by atoms with van der Waals surface area (Å²) in [5, 5.41) is 1.13. The van der Waals surface area contributed by atoms with Crippen LogP contribution in [0.2, 0.25) is 5.02 Å². The first-order valence-electron chi connectivity index (χ1n) is 8.34. The normalized spacial score (nSPS) is 14.5. The molecule has 1 unspecified atom stereocenters. The Morgan fingerprint density at radius 2 is 1.58 bits per heavy atom. The number of nitrogens with two attached hydrogens (primary N) is 1. The second-order valence-electron chi connectivity index (χ2n) is 6.40. The summed E-state index contributed by atoms with van der Waals surface area (Å²) in [6.07, 6.45) is -13.6. The number of nitrogens with one attached hydrogen (secondary N) is 1. The molecule has 0 radical (unpaired) electrons. The van der Waals surface area contributed by atoms with Gasteiger partial charge in [-0.2, -0.15) is 35.1 Å². The minimum atomic E-state index is -6.90. The molecule has 0 aliphatic rings. The Morgan fingerprint density at radius 1 is 1.00 bits per heavy atom.